The molecule has 36 heavy (non-hydrogen) atoms. The van der Waals surface area contributed by atoms with Crippen LogP contribution < -0.4 is 10.3 Å². The van der Waals surface area contributed by atoms with E-state index >= 15 is 0 Å². The van der Waals surface area contributed by atoms with E-state index in [1.165, 1.54) is 51.7 Å². The molecular formula is C24H23ClN4O4S3. The minimum absolute atomic E-state index is 0.140. The molecule has 12 heteroatoms. The van der Waals surface area contributed by atoms with E-state index in [0.29, 0.717) is 37.0 Å². The average molecular weight is 563 g/mol. The highest BCUT2D eigenvalue weighted by Gasteiger charge is 2.28. The van der Waals surface area contributed by atoms with Gasteiger partial charge in [0, 0.05) is 28.3 Å². The van der Waals surface area contributed by atoms with Crippen molar-refractivity contribution in [3.05, 3.63) is 67.2 Å². The molecule has 0 aliphatic rings. The monoisotopic (exact) mass is 562 g/mol. The summed E-state index contributed by atoms with van der Waals surface area (Å²) in [6, 6.07) is 8.55. The molecule has 188 valence electrons. The predicted octanol–water partition coefficient (Wildman–Crippen LogP) is 5.75. The summed E-state index contributed by atoms with van der Waals surface area (Å²) in [5, 5.41) is 5.21. The Kier molecular flexibility index (Phi) is 7.84. The van der Waals surface area contributed by atoms with Gasteiger partial charge in [-0.05, 0) is 35.8 Å². The minimum Gasteiger partial charge on any atom is -0.495 e. The molecule has 0 spiro atoms. The zero-order valence-corrected chi connectivity index (χ0v) is 23.2. The number of Topliss-reactive ketones (excluding diaryl/α,β-unsaturated/α-hetero) is 1. The van der Waals surface area contributed by atoms with Crippen LogP contribution in [-0.2, 0) is 12.3 Å². The maximum Gasteiger partial charge on any atom is 0.253 e. The molecule has 4 rings (SSSR count). The number of ether oxygens (including phenoxy) is 1. The Morgan fingerprint density at radius 3 is 2.58 bits per heavy atom. The molecule has 0 amide bonds. The molecule has 4 aromatic rings. The summed E-state index contributed by atoms with van der Waals surface area (Å²) >= 11 is 10.1. The van der Waals surface area contributed by atoms with Crippen LogP contribution in [0.1, 0.15) is 40.1 Å². The first-order chi connectivity index (χ1) is 17.1. The molecule has 0 saturated carbocycles. The van der Waals surface area contributed by atoms with Gasteiger partial charge in [-0.3, -0.25) is 14.4 Å². The van der Waals surface area contributed by atoms with Crippen molar-refractivity contribution in [1.29, 1.82) is 0 Å². The molecule has 0 aliphatic heterocycles. The Balaban J connectivity index is 1.70. The van der Waals surface area contributed by atoms with Crippen LogP contribution in [0.15, 0.2) is 52.5 Å². The Morgan fingerprint density at radius 2 is 1.97 bits per heavy atom. The summed E-state index contributed by atoms with van der Waals surface area (Å²) in [6.45, 7) is 5.34. The lowest BCUT2D eigenvalue weighted by Gasteiger charge is -2.17. The van der Waals surface area contributed by atoms with Crippen molar-refractivity contribution in [2.45, 2.75) is 38.1 Å². The van der Waals surface area contributed by atoms with Gasteiger partial charge in [-0.15, -0.1) is 23.1 Å². The number of rotatable bonds is 8. The van der Waals surface area contributed by atoms with Gasteiger partial charge in [0.1, 0.15) is 10.8 Å². The standard InChI is InChI=1S/C24H23ClN4O4S3/c1-24(2,3)23(32)29-22(34-13-14-5-6-20(25)35-14)10-16(27-29)15-9-21(31)28(12-18(15)33-4)11-17(30)19-7-8-26-36-19/h5-10,12H,11,13H2,1-4H3. The number of hydrogen-bond donors (Lipinski definition) is 0. The quantitative estimate of drug-likeness (QED) is 0.199. The van der Waals surface area contributed by atoms with Gasteiger partial charge >= 0.3 is 0 Å². The van der Waals surface area contributed by atoms with Crippen molar-refractivity contribution < 1.29 is 14.3 Å². The Morgan fingerprint density at radius 1 is 1.19 bits per heavy atom. The number of methoxy groups -OCH3 is 1. The highest BCUT2D eigenvalue weighted by atomic mass is 35.5. The number of halogens is 1. The zero-order valence-electron chi connectivity index (χ0n) is 20.0. The average Bonchev–Trinajstić information content (AvgIpc) is 3.58. The van der Waals surface area contributed by atoms with Crippen LogP contribution in [0, 0.1) is 5.41 Å². The smallest absolute Gasteiger partial charge is 0.253 e. The molecule has 0 aromatic carbocycles. The first-order valence-corrected chi connectivity index (χ1v) is 13.8. The lowest BCUT2D eigenvalue weighted by Crippen LogP contribution is -2.28. The van der Waals surface area contributed by atoms with E-state index in [-0.39, 0.29) is 23.8 Å². The molecule has 0 bridgehead atoms. The van der Waals surface area contributed by atoms with Gasteiger partial charge in [0.25, 0.3) is 11.5 Å². The van der Waals surface area contributed by atoms with Crippen molar-refractivity contribution >= 4 is 57.9 Å². The fourth-order valence-electron chi connectivity index (χ4n) is 3.27. The number of carbonyl (C=O) groups is 2. The van der Waals surface area contributed by atoms with Gasteiger partial charge in [-0.1, -0.05) is 32.4 Å². The third kappa shape index (κ3) is 5.80. The molecule has 8 nitrogen and oxygen atoms in total. The summed E-state index contributed by atoms with van der Waals surface area (Å²) in [5.41, 5.74) is -0.197. The molecule has 0 unspecified atom stereocenters. The van der Waals surface area contributed by atoms with Crippen molar-refractivity contribution in [2.24, 2.45) is 5.41 Å². The number of thiophene rings is 1. The first kappa shape index (κ1) is 26.3. The largest absolute Gasteiger partial charge is 0.495 e. The molecule has 0 atom stereocenters. The van der Waals surface area contributed by atoms with Gasteiger partial charge in [0.2, 0.25) is 0 Å². The van der Waals surface area contributed by atoms with E-state index < -0.39 is 5.41 Å². The SMILES string of the molecule is COc1cn(CC(=O)c2ccns2)c(=O)cc1-c1cc(SCc2ccc(Cl)s2)n(C(=O)C(C)(C)C)n1. The first-order valence-electron chi connectivity index (χ1n) is 10.8. The fourth-order valence-corrected chi connectivity index (χ4v) is 5.91. The van der Waals surface area contributed by atoms with E-state index in [0.717, 1.165) is 16.4 Å². The van der Waals surface area contributed by atoms with Crippen molar-refractivity contribution in [3.63, 3.8) is 0 Å². The van der Waals surface area contributed by atoms with Crippen LogP contribution in [0.2, 0.25) is 4.34 Å². The summed E-state index contributed by atoms with van der Waals surface area (Å²) < 4.78 is 12.8. The van der Waals surface area contributed by atoms with Crippen LogP contribution in [0.4, 0.5) is 0 Å². The third-order valence-corrected chi connectivity index (χ3v) is 8.36. The number of thioether (sulfide) groups is 1. The minimum atomic E-state index is -0.671. The van der Waals surface area contributed by atoms with Crippen LogP contribution in [-0.4, -0.2) is 37.5 Å². The molecule has 4 aromatic heterocycles. The maximum absolute atomic E-state index is 13.2. The Labute approximate surface area is 225 Å². The van der Waals surface area contributed by atoms with Gasteiger partial charge in [-0.2, -0.15) is 9.78 Å². The Bertz CT molecular complexity index is 1470. The van der Waals surface area contributed by atoms with Gasteiger partial charge < -0.3 is 9.30 Å². The number of aromatic nitrogens is 4. The van der Waals surface area contributed by atoms with Crippen LogP contribution in [0.3, 0.4) is 0 Å². The second-order valence-electron chi connectivity index (χ2n) is 8.85. The van der Waals surface area contributed by atoms with E-state index in [1.54, 1.807) is 18.3 Å². The molecular weight excluding hydrogens is 540 g/mol. The summed E-state index contributed by atoms with van der Waals surface area (Å²) in [4.78, 5) is 40.1. The highest BCUT2D eigenvalue weighted by molar-refractivity contribution is 7.98. The van der Waals surface area contributed by atoms with Crippen molar-refractivity contribution in [2.75, 3.05) is 7.11 Å². The summed E-state index contributed by atoms with van der Waals surface area (Å²) in [6.07, 6.45) is 3.03. The van der Waals surface area contributed by atoms with E-state index in [4.69, 9.17) is 16.3 Å². The van der Waals surface area contributed by atoms with E-state index in [9.17, 15) is 14.4 Å². The number of hydrogen-bond acceptors (Lipinski definition) is 9. The second-order valence-corrected chi connectivity index (χ2v) is 12.5. The lowest BCUT2D eigenvalue weighted by molar-refractivity contribution is 0.0736. The second kappa shape index (κ2) is 10.7. The third-order valence-electron chi connectivity index (χ3n) is 5.11. The van der Waals surface area contributed by atoms with Gasteiger partial charge in [0.05, 0.1) is 40.3 Å². The number of nitrogens with zero attached hydrogens (tertiary/aromatic N) is 4. The van der Waals surface area contributed by atoms with Crippen LogP contribution >= 0.6 is 46.2 Å². The molecule has 4 heterocycles. The molecule has 0 fully saturated rings. The summed E-state index contributed by atoms with van der Waals surface area (Å²) in [7, 11) is 1.48. The van der Waals surface area contributed by atoms with Gasteiger partial charge in [-0.25, -0.2) is 4.37 Å². The topological polar surface area (TPSA) is 96.1 Å². The van der Waals surface area contributed by atoms with Crippen LogP contribution in [0.5, 0.6) is 5.75 Å². The highest BCUT2D eigenvalue weighted by Crippen LogP contribution is 2.35. The molecule has 0 saturated heterocycles. The van der Waals surface area contributed by atoms with E-state index in [1.807, 2.05) is 32.9 Å². The maximum atomic E-state index is 13.2. The summed E-state index contributed by atoms with van der Waals surface area (Å²) in [5.74, 6) is 0.573. The molecule has 0 radical (unpaired) electrons. The zero-order chi connectivity index (χ0) is 26.0. The van der Waals surface area contributed by atoms with Crippen LogP contribution in [0.25, 0.3) is 11.3 Å². The Hall–Kier alpha value is -2.73. The van der Waals surface area contributed by atoms with Crippen molar-refractivity contribution in [1.82, 2.24) is 18.7 Å². The van der Waals surface area contributed by atoms with E-state index in [2.05, 4.69) is 9.47 Å². The lowest BCUT2D eigenvalue weighted by atomic mass is 9.96. The normalized spacial score (nSPS) is 11.6. The molecule has 0 N–H and O–H groups in total. The molecule has 0 aliphatic carbocycles. The number of ketones is 1. The number of carbonyl (C=O) groups excluding carboxylic acids is 2. The fraction of sp³-hybridized carbons (Fsp3) is 0.292. The van der Waals surface area contributed by atoms with Gasteiger partial charge in [0.15, 0.2) is 5.78 Å². The number of pyridine rings is 1. The predicted molar refractivity (Wildman–Crippen MR) is 144 cm³/mol. The van der Waals surface area contributed by atoms with Crippen molar-refractivity contribution in [3.8, 4) is 17.0 Å².